The number of nitrogens with one attached hydrogen (secondary N) is 2. The van der Waals surface area contributed by atoms with Gasteiger partial charge in [0, 0.05) is 22.0 Å². The van der Waals surface area contributed by atoms with Crippen LogP contribution in [0.1, 0.15) is 21.6 Å². The summed E-state index contributed by atoms with van der Waals surface area (Å²) in [4.78, 5) is 27.4. The molecule has 1 heterocycles. The van der Waals surface area contributed by atoms with E-state index in [0.29, 0.717) is 23.6 Å². The molecule has 1 aliphatic rings. The number of aromatic nitrogens is 1. The van der Waals surface area contributed by atoms with Crippen molar-refractivity contribution in [1.82, 2.24) is 10.3 Å². The van der Waals surface area contributed by atoms with Crippen LogP contribution >= 0.6 is 11.6 Å². The van der Waals surface area contributed by atoms with Gasteiger partial charge in [0.05, 0.1) is 5.92 Å². The molecule has 0 spiro atoms. The zero-order valence-corrected chi connectivity index (χ0v) is 14.6. The third-order valence-electron chi connectivity index (χ3n) is 4.94. The van der Waals surface area contributed by atoms with E-state index in [2.05, 4.69) is 10.3 Å². The highest BCUT2D eigenvalue weighted by atomic mass is 35.5. The van der Waals surface area contributed by atoms with Crippen molar-refractivity contribution in [3.05, 3.63) is 70.4 Å². The lowest BCUT2D eigenvalue weighted by Gasteiger charge is -2.31. The molecule has 1 aromatic heterocycles. The second kappa shape index (κ2) is 6.50. The maximum atomic E-state index is 12.7. The van der Waals surface area contributed by atoms with Gasteiger partial charge in [-0.1, -0.05) is 35.9 Å². The highest BCUT2D eigenvalue weighted by Gasteiger charge is 2.34. The normalized spacial score (nSPS) is 19.1. The monoisotopic (exact) mass is 368 g/mol. The van der Waals surface area contributed by atoms with E-state index in [9.17, 15) is 14.7 Å². The Morgan fingerprint density at radius 2 is 1.81 bits per heavy atom. The average molecular weight is 369 g/mol. The molecule has 4 rings (SSSR count). The van der Waals surface area contributed by atoms with Gasteiger partial charge in [0.2, 0.25) is 0 Å². The van der Waals surface area contributed by atoms with Crippen molar-refractivity contribution < 1.29 is 14.7 Å². The van der Waals surface area contributed by atoms with Crippen molar-refractivity contribution in [3.63, 3.8) is 0 Å². The van der Waals surface area contributed by atoms with E-state index in [1.54, 1.807) is 18.2 Å². The minimum absolute atomic E-state index is 0.312. The van der Waals surface area contributed by atoms with Gasteiger partial charge in [-0.15, -0.1) is 0 Å². The minimum Gasteiger partial charge on any atom is -0.481 e. The number of benzene rings is 2. The van der Waals surface area contributed by atoms with Crippen LogP contribution in [0.25, 0.3) is 10.9 Å². The lowest BCUT2D eigenvalue weighted by Crippen LogP contribution is -2.48. The Morgan fingerprint density at radius 1 is 1.08 bits per heavy atom. The van der Waals surface area contributed by atoms with Gasteiger partial charge in [-0.05, 0) is 48.2 Å². The fraction of sp³-hybridized carbons (Fsp3) is 0.200. The maximum Gasteiger partial charge on any atom is 0.308 e. The van der Waals surface area contributed by atoms with Crippen LogP contribution in [0.4, 0.5) is 0 Å². The van der Waals surface area contributed by atoms with E-state index < -0.39 is 17.9 Å². The maximum absolute atomic E-state index is 12.7. The van der Waals surface area contributed by atoms with Crippen LogP contribution in [0.3, 0.4) is 0 Å². The summed E-state index contributed by atoms with van der Waals surface area (Å²) < 4.78 is 0. The number of carboxylic acids is 1. The van der Waals surface area contributed by atoms with Crippen LogP contribution in [0.15, 0.2) is 48.5 Å². The molecule has 2 aromatic carbocycles. The number of carboxylic acid groups (broad SMARTS) is 1. The number of hydrogen-bond acceptors (Lipinski definition) is 2. The summed E-state index contributed by atoms with van der Waals surface area (Å²) in [5, 5.41) is 13.9. The zero-order valence-electron chi connectivity index (χ0n) is 13.8. The first-order valence-corrected chi connectivity index (χ1v) is 8.78. The highest BCUT2D eigenvalue weighted by Crippen LogP contribution is 2.27. The number of carbonyl (C=O) groups excluding carboxylic acids is 1. The lowest BCUT2D eigenvalue weighted by molar-refractivity contribution is -0.142. The second-order valence-corrected chi connectivity index (χ2v) is 7.05. The standard InChI is InChI=1S/C20H17ClN2O3/c21-14-5-6-16-13(7-14)10-18(22-16)19(24)23-17-9-12-4-2-1-3-11(12)8-15(17)20(25)26/h1-7,10,15,17,22H,8-9H2,(H,23,24)(H,25,26)/t15-,17?/m1/s1. The first kappa shape index (κ1) is 16.7. The summed E-state index contributed by atoms with van der Waals surface area (Å²) in [6, 6.07) is 14.4. The average Bonchev–Trinajstić information content (AvgIpc) is 3.04. The van der Waals surface area contributed by atoms with Crippen molar-refractivity contribution in [1.29, 1.82) is 0 Å². The molecular formula is C20H17ClN2O3. The van der Waals surface area contributed by atoms with Gasteiger partial charge in [0.1, 0.15) is 5.69 Å². The third kappa shape index (κ3) is 3.06. The molecule has 0 fully saturated rings. The summed E-state index contributed by atoms with van der Waals surface area (Å²) >= 11 is 5.99. The molecule has 0 saturated heterocycles. The number of aliphatic carboxylic acids is 1. The lowest BCUT2D eigenvalue weighted by atomic mass is 9.80. The van der Waals surface area contributed by atoms with Crippen LogP contribution in [-0.2, 0) is 17.6 Å². The zero-order chi connectivity index (χ0) is 18.3. The minimum atomic E-state index is -0.895. The Hall–Kier alpha value is -2.79. The Labute approximate surface area is 155 Å². The van der Waals surface area contributed by atoms with Gasteiger partial charge in [-0.2, -0.15) is 0 Å². The fourth-order valence-corrected chi connectivity index (χ4v) is 3.78. The predicted octanol–water partition coefficient (Wildman–Crippen LogP) is 3.42. The molecule has 3 N–H and O–H groups in total. The van der Waals surface area contributed by atoms with Gasteiger partial charge in [-0.25, -0.2) is 0 Å². The molecule has 0 aliphatic heterocycles. The number of hydrogen-bond donors (Lipinski definition) is 3. The van der Waals surface area contributed by atoms with Gasteiger partial charge in [-0.3, -0.25) is 9.59 Å². The van der Waals surface area contributed by atoms with E-state index in [0.717, 1.165) is 22.0 Å². The van der Waals surface area contributed by atoms with Crippen LogP contribution in [0, 0.1) is 5.92 Å². The van der Waals surface area contributed by atoms with Crippen molar-refractivity contribution in [2.45, 2.75) is 18.9 Å². The van der Waals surface area contributed by atoms with Crippen molar-refractivity contribution in [2.75, 3.05) is 0 Å². The van der Waals surface area contributed by atoms with E-state index in [4.69, 9.17) is 11.6 Å². The number of amides is 1. The Morgan fingerprint density at radius 3 is 2.54 bits per heavy atom. The summed E-state index contributed by atoms with van der Waals surface area (Å²) in [5.41, 5.74) is 3.32. The Balaban J connectivity index is 1.59. The van der Waals surface area contributed by atoms with E-state index in [-0.39, 0.29) is 5.91 Å². The molecule has 0 saturated carbocycles. The molecule has 5 nitrogen and oxygen atoms in total. The Kier molecular flexibility index (Phi) is 4.17. The molecular weight excluding hydrogens is 352 g/mol. The first-order chi connectivity index (χ1) is 12.5. The molecule has 1 unspecified atom stereocenters. The number of rotatable bonds is 3. The second-order valence-electron chi connectivity index (χ2n) is 6.62. The van der Waals surface area contributed by atoms with Gasteiger partial charge >= 0.3 is 5.97 Å². The molecule has 2 atom stereocenters. The number of halogens is 1. The highest BCUT2D eigenvalue weighted by molar-refractivity contribution is 6.31. The molecule has 132 valence electrons. The van der Waals surface area contributed by atoms with Crippen LogP contribution in [0.5, 0.6) is 0 Å². The summed E-state index contributed by atoms with van der Waals surface area (Å²) in [5.74, 6) is -1.85. The van der Waals surface area contributed by atoms with Crippen LogP contribution in [0.2, 0.25) is 5.02 Å². The summed E-state index contributed by atoms with van der Waals surface area (Å²) in [6.07, 6.45) is 0.920. The number of H-pyrrole nitrogens is 1. The van der Waals surface area contributed by atoms with Crippen LogP contribution < -0.4 is 5.32 Å². The van der Waals surface area contributed by atoms with E-state index in [1.807, 2.05) is 30.3 Å². The summed E-state index contributed by atoms with van der Waals surface area (Å²) in [7, 11) is 0. The number of fused-ring (bicyclic) bond motifs is 2. The first-order valence-electron chi connectivity index (χ1n) is 8.40. The molecule has 0 radical (unpaired) electrons. The van der Waals surface area contributed by atoms with Crippen molar-refractivity contribution >= 4 is 34.4 Å². The predicted molar refractivity (Wildman–Crippen MR) is 99.5 cm³/mol. The largest absolute Gasteiger partial charge is 0.481 e. The van der Waals surface area contributed by atoms with Crippen molar-refractivity contribution in [2.24, 2.45) is 5.92 Å². The number of carbonyl (C=O) groups is 2. The van der Waals surface area contributed by atoms with E-state index in [1.165, 1.54) is 0 Å². The molecule has 3 aromatic rings. The molecule has 0 bridgehead atoms. The summed E-state index contributed by atoms with van der Waals surface area (Å²) in [6.45, 7) is 0. The molecule has 6 heteroatoms. The fourth-order valence-electron chi connectivity index (χ4n) is 3.60. The van der Waals surface area contributed by atoms with Gasteiger partial charge in [0.25, 0.3) is 5.91 Å². The smallest absolute Gasteiger partial charge is 0.308 e. The Bertz CT molecular complexity index is 1010. The SMILES string of the molecule is O=C(NC1Cc2ccccc2C[C@H]1C(=O)O)c1cc2cc(Cl)ccc2[nH]1. The molecule has 1 aliphatic carbocycles. The molecule has 26 heavy (non-hydrogen) atoms. The van der Waals surface area contributed by atoms with Gasteiger partial charge in [0.15, 0.2) is 0 Å². The van der Waals surface area contributed by atoms with Gasteiger partial charge < -0.3 is 15.4 Å². The van der Waals surface area contributed by atoms with Crippen LogP contribution in [-0.4, -0.2) is 28.0 Å². The van der Waals surface area contributed by atoms with Crippen molar-refractivity contribution in [3.8, 4) is 0 Å². The molecule has 1 amide bonds. The third-order valence-corrected chi connectivity index (χ3v) is 5.18. The van der Waals surface area contributed by atoms with E-state index >= 15 is 0 Å². The number of aromatic amines is 1. The quantitative estimate of drug-likeness (QED) is 0.662. The topological polar surface area (TPSA) is 82.2 Å².